The van der Waals surface area contributed by atoms with Crippen molar-refractivity contribution in [3.05, 3.63) is 29.8 Å². The molecule has 18 heavy (non-hydrogen) atoms. The predicted octanol–water partition coefficient (Wildman–Crippen LogP) is -0.231. The zero-order valence-corrected chi connectivity index (χ0v) is 10.6. The average Bonchev–Trinajstić information content (AvgIpc) is 2.82. The third-order valence-corrected chi connectivity index (χ3v) is 3.64. The molecule has 2 N–H and O–H groups in total. The Morgan fingerprint density at radius 2 is 2.00 bits per heavy atom. The van der Waals surface area contributed by atoms with Crippen LogP contribution in [-0.4, -0.2) is 40.1 Å². The van der Waals surface area contributed by atoms with Gasteiger partial charge in [0.2, 0.25) is 15.3 Å². The van der Waals surface area contributed by atoms with E-state index in [2.05, 4.69) is 29.9 Å². The fraction of sp³-hybridized carbons (Fsp3) is 0.250. The van der Waals surface area contributed by atoms with Gasteiger partial charge in [-0.05, 0) is 11.6 Å². The van der Waals surface area contributed by atoms with Gasteiger partial charge in [0.15, 0.2) is 0 Å². The highest BCUT2D eigenvalue weighted by atomic mass is 35.5. The maximum absolute atomic E-state index is 11.8. The molecule has 8 nitrogen and oxygen atoms in total. The van der Waals surface area contributed by atoms with Gasteiger partial charge in [0.05, 0.1) is 12.4 Å². The fourth-order valence-corrected chi connectivity index (χ4v) is 2.20. The van der Waals surface area contributed by atoms with Crippen molar-refractivity contribution in [2.24, 2.45) is 0 Å². The molecule has 0 aliphatic carbocycles. The van der Waals surface area contributed by atoms with E-state index in [1.54, 1.807) is 0 Å². The molecule has 96 valence electrons. The van der Waals surface area contributed by atoms with Gasteiger partial charge in [-0.3, -0.25) is 5.10 Å². The lowest BCUT2D eigenvalue weighted by molar-refractivity contribution is 0.580. The van der Waals surface area contributed by atoms with Crippen molar-refractivity contribution in [2.45, 2.75) is 11.3 Å². The zero-order valence-electron chi connectivity index (χ0n) is 9.04. The van der Waals surface area contributed by atoms with Crippen LogP contribution in [0.25, 0.3) is 0 Å². The molecule has 10 heteroatoms. The molecule has 2 heterocycles. The van der Waals surface area contributed by atoms with Crippen LogP contribution in [0, 0.1) is 0 Å². The monoisotopic (exact) mass is 288 g/mol. The number of hydrogen-bond donors (Lipinski definition) is 2. The first-order chi connectivity index (χ1) is 8.58. The second kappa shape index (κ2) is 5.38. The molecule has 0 spiro atoms. The van der Waals surface area contributed by atoms with E-state index in [4.69, 9.17) is 11.6 Å². The predicted molar refractivity (Wildman–Crippen MR) is 62.3 cm³/mol. The molecule has 0 aliphatic rings. The molecule has 0 saturated heterocycles. The zero-order chi connectivity index (χ0) is 13.0. The smallest absolute Gasteiger partial charge is 0.243 e. The normalized spacial score (nSPS) is 11.6. The molecule has 0 amide bonds. The van der Waals surface area contributed by atoms with E-state index in [1.165, 1.54) is 6.33 Å². The van der Waals surface area contributed by atoms with E-state index in [0.29, 0.717) is 12.2 Å². The van der Waals surface area contributed by atoms with Gasteiger partial charge in [0, 0.05) is 13.0 Å². The van der Waals surface area contributed by atoms with Gasteiger partial charge in [-0.1, -0.05) is 0 Å². The second-order valence-corrected chi connectivity index (χ2v) is 5.37. The summed E-state index contributed by atoms with van der Waals surface area (Å²) in [5.41, 5.74) is 0. The molecule has 0 bridgehead atoms. The topological polar surface area (TPSA) is 114 Å². The quantitative estimate of drug-likeness (QED) is 0.735. The molecule has 0 saturated carbocycles. The Morgan fingerprint density at radius 3 is 2.61 bits per heavy atom. The highest BCUT2D eigenvalue weighted by Gasteiger charge is 2.14. The lowest BCUT2D eigenvalue weighted by Crippen LogP contribution is -2.26. The minimum atomic E-state index is -3.63. The first-order valence-electron chi connectivity index (χ1n) is 4.89. The van der Waals surface area contributed by atoms with E-state index in [0.717, 1.165) is 12.4 Å². The fourth-order valence-electron chi connectivity index (χ4n) is 1.18. The number of nitrogens with zero attached hydrogens (tertiary/aromatic N) is 4. The Bertz CT molecular complexity index is 597. The van der Waals surface area contributed by atoms with E-state index in [1.807, 2.05) is 0 Å². The molecule has 0 radical (unpaired) electrons. The Kier molecular flexibility index (Phi) is 3.84. The number of hydrogen-bond acceptors (Lipinski definition) is 6. The van der Waals surface area contributed by atoms with Gasteiger partial charge < -0.3 is 0 Å². The second-order valence-electron chi connectivity index (χ2n) is 3.27. The van der Waals surface area contributed by atoms with E-state index < -0.39 is 10.0 Å². The molecular weight excluding hydrogens is 280 g/mol. The minimum absolute atomic E-state index is 0.00406. The molecule has 2 aromatic heterocycles. The largest absolute Gasteiger partial charge is 0.263 e. The van der Waals surface area contributed by atoms with Gasteiger partial charge in [-0.25, -0.2) is 28.1 Å². The number of aromatic nitrogens is 5. The maximum atomic E-state index is 11.8. The van der Waals surface area contributed by atoms with E-state index >= 15 is 0 Å². The van der Waals surface area contributed by atoms with Crippen LogP contribution in [0.2, 0.25) is 5.28 Å². The summed E-state index contributed by atoms with van der Waals surface area (Å²) in [5.74, 6) is 0.602. The molecule has 0 atom stereocenters. The third-order valence-electron chi connectivity index (χ3n) is 2.03. The van der Waals surface area contributed by atoms with Crippen molar-refractivity contribution in [1.29, 1.82) is 0 Å². The highest BCUT2D eigenvalue weighted by Crippen LogP contribution is 2.07. The Morgan fingerprint density at radius 1 is 1.28 bits per heavy atom. The van der Waals surface area contributed by atoms with Crippen LogP contribution in [0.5, 0.6) is 0 Å². The van der Waals surface area contributed by atoms with Crippen LogP contribution >= 0.6 is 11.6 Å². The average molecular weight is 289 g/mol. The van der Waals surface area contributed by atoms with Crippen LogP contribution in [0.1, 0.15) is 5.82 Å². The Hall–Kier alpha value is -1.58. The molecule has 2 rings (SSSR count). The van der Waals surface area contributed by atoms with Crippen molar-refractivity contribution in [1.82, 2.24) is 29.9 Å². The molecule has 0 aliphatic heterocycles. The number of halogens is 1. The first kappa shape index (κ1) is 12.9. The van der Waals surface area contributed by atoms with Crippen molar-refractivity contribution >= 4 is 21.6 Å². The highest BCUT2D eigenvalue weighted by molar-refractivity contribution is 7.89. The summed E-state index contributed by atoms with van der Waals surface area (Å²) in [6.07, 6.45) is 4.06. The summed E-state index contributed by atoms with van der Waals surface area (Å²) in [4.78, 5) is 11.1. The van der Waals surface area contributed by atoms with E-state index in [-0.39, 0.29) is 16.7 Å². The molecule has 0 aromatic carbocycles. The summed E-state index contributed by atoms with van der Waals surface area (Å²) < 4.78 is 26.0. The third kappa shape index (κ3) is 3.22. The maximum Gasteiger partial charge on any atom is 0.243 e. The lowest BCUT2D eigenvalue weighted by atomic mass is 10.4. The number of nitrogens with one attached hydrogen (secondary N) is 2. The van der Waals surface area contributed by atoms with Gasteiger partial charge in [0.1, 0.15) is 17.0 Å². The summed E-state index contributed by atoms with van der Waals surface area (Å²) in [6, 6.07) is 0. The van der Waals surface area contributed by atoms with Crippen molar-refractivity contribution in [2.75, 3.05) is 6.54 Å². The summed E-state index contributed by atoms with van der Waals surface area (Å²) >= 11 is 5.48. The van der Waals surface area contributed by atoms with Crippen molar-refractivity contribution < 1.29 is 8.42 Å². The number of aromatic amines is 1. The van der Waals surface area contributed by atoms with Gasteiger partial charge in [0.25, 0.3) is 0 Å². The van der Waals surface area contributed by atoms with Crippen LogP contribution in [-0.2, 0) is 16.4 Å². The molecule has 2 aromatic rings. The van der Waals surface area contributed by atoms with Crippen molar-refractivity contribution in [3.63, 3.8) is 0 Å². The van der Waals surface area contributed by atoms with Gasteiger partial charge in [-0.15, -0.1) is 0 Å². The Balaban J connectivity index is 1.97. The van der Waals surface area contributed by atoms with Gasteiger partial charge >= 0.3 is 0 Å². The number of sulfonamides is 1. The Labute approximate surface area is 108 Å². The van der Waals surface area contributed by atoms with Crippen LogP contribution in [0.3, 0.4) is 0 Å². The van der Waals surface area contributed by atoms with Crippen LogP contribution < -0.4 is 4.72 Å². The number of rotatable bonds is 5. The van der Waals surface area contributed by atoms with Crippen LogP contribution in [0.4, 0.5) is 0 Å². The molecule has 0 fully saturated rings. The van der Waals surface area contributed by atoms with Gasteiger partial charge in [-0.2, -0.15) is 5.10 Å². The minimum Gasteiger partial charge on any atom is -0.263 e. The van der Waals surface area contributed by atoms with E-state index in [9.17, 15) is 8.42 Å². The first-order valence-corrected chi connectivity index (χ1v) is 6.75. The molecular formula is C8H9ClN6O2S. The van der Waals surface area contributed by atoms with Crippen LogP contribution in [0.15, 0.2) is 23.6 Å². The molecule has 0 unspecified atom stereocenters. The van der Waals surface area contributed by atoms with Crippen molar-refractivity contribution in [3.8, 4) is 0 Å². The summed E-state index contributed by atoms with van der Waals surface area (Å²) in [6.45, 7) is 0.195. The number of H-pyrrole nitrogens is 1. The lowest BCUT2D eigenvalue weighted by Gasteiger charge is -2.04. The summed E-state index contributed by atoms with van der Waals surface area (Å²) in [7, 11) is -3.63. The standard InChI is InChI=1S/C8H9ClN6O2S/c9-8-10-3-6(4-11-8)18(16,17)14-2-1-7-12-5-13-15-7/h3-5,14H,1-2H2,(H,12,13,15). The SMILES string of the molecule is O=S(=O)(NCCc1ncn[nH]1)c1cnc(Cl)nc1. The summed E-state index contributed by atoms with van der Waals surface area (Å²) in [5, 5.41) is 6.29.